The van der Waals surface area contributed by atoms with Crippen molar-refractivity contribution in [3.8, 4) is 11.5 Å². The number of hydrogen-bond donors (Lipinski definition) is 0. The molecule has 0 saturated carbocycles. The third-order valence-electron chi connectivity index (χ3n) is 6.63. The minimum absolute atomic E-state index is 0.142. The monoisotopic (exact) mass is 482 g/mol. The average Bonchev–Trinajstić information content (AvgIpc) is 3.15. The van der Waals surface area contributed by atoms with E-state index in [0.717, 1.165) is 24.1 Å². The van der Waals surface area contributed by atoms with Crippen molar-refractivity contribution in [2.75, 3.05) is 25.7 Å². The molecule has 0 fully saturated rings. The number of fused-ring (bicyclic) bond motifs is 2. The minimum atomic E-state index is -0.383. The first-order chi connectivity index (χ1) is 17.5. The highest BCUT2D eigenvalue weighted by molar-refractivity contribution is 6.22. The molecule has 0 aliphatic carbocycles. The Morgan fingerprint density at radius 2 is 1.53 bits per heavy atom. The second kappa shape index (κ2) is 9.70. The molecule has 0 bridgehead atoms. The summed E-state index contributed by atoms with van der Waals surface area (Å²) in [5.74, 6) is 0.180. The number of anilines is 1. The van der Waals surface area contributed by atoms with Crippen LogP contribution in [0.15, 0.2) is 78.5 Å². The summed E-state index contributed by atoms with van der Waals surface area (Å²) in [4.78, 5) is 42.9. The van der Waals surface area contributed by atoms with E-state index in [1.807, 2.05) is 42.5 Å². The Morgan fingerprint density at radius 1 is 0.778 bits per heavy atom. The Labute approximate surface area is 209 Å². The molecule has 0 radical (unpaired) electrons. The maximum atomic E-state index is 13.8. The standard InChI is InChI=1S/C29H26N2O5/c1-35-22-15-13-21(14-16-22)31-20(9-5-8-19-7-3-4-10-23(19)28(31)33)17-18-30-27(32)24-11-6-12-25(36-2)26(24)29(30)34/h3-4,6-7,9-16H,5,8,17-18H2,1-2H3. The lowest BCUT2D eigenvalue weighted by Crippen LogP contribution is -2.36. The van der Waals surface area contributed by atoms with Gasteiger partial charge in [0.15, 0.2) is 0 Å². The number of allylic oxidation sites excluding steroid dienone is 1. The summed E-state index contributed by atoms with van der Waals surface area (Å²) in [6.45, 7) is 0.142. The molecule has 0 spiro atoms. The Bertz CT molecular complexity index is 1380. The van der Waals surface area contributed by atoms with E-state index in [1.54, 1.807) is 42.3 Å². The second-order valence-corrected chi connectivity index (χ2v) is 8.62. The molecule has 3 amide bonds. The number of nitrogens with zero attached hydrogens (tertiary/aromatic N) is 2. The fourth-order valence-corrected chi connectivity index (χ4v) is 4.81. The molecule has 5 rings (SSSR count). The molecule has 3 aromatic carbocycles. The largest absolute Gasteiger partial charge is 0.497 e. The van der Waals surface area contributed by atoms with Crippen molar-refractivity contribution in [3.05, 3.63) is 101 Å². The number of carbonyl (C=O) groups is 3. The van der Waals surface area contributed by atoms with E-state index in [4.69, 9.17) is 9.47 Å². The molecule has 0 saturated heterocycles. The van der Waals surface area contributed by atoms with Crippen LogP contribution in [0.1, 0.15) is 49.5 Å². The van der Waals surface area contributed by atoms with E-state index in [9.17, 15) is 14.4 Å². The second-order valence-electron chi connectivity index (χ2n) is 8.62. The molecule has 0 N–H and O–H groups in total. The van der Waals surface area contributed by atoms with E-state index in [1.165, 1.54) is 12.0 Å². The Morgan fingerprint density at radius 3 is 2.28 bits per heavy atom. The number of ether oxygens (including phenoxy) is 2. The summed E-state index contributed by atoms with van der Waals surface area (Å²) in [7, 11) is 3.07. The van der Waals surface area contributed by atoms with E-state index < -0.39 is 0 Å². The zero-order valence-electron chi connectivity index (χ0n) is 20.2. The lowest BCUT2D eigenvalue weighted by molar-refractivity contribution is 0.0655. The first-order valence-corrected chi connectivity index (χ1v) is 11.8. The summed E-state index contributed by atoms with van der Waals surface area (Å²) in [5.41, 5.74) is 3.68. The number of rotatable bonds is 6. The van der Waals surface area contributed by atoms with Gasteiger partial charge in [-0.05, 0) is 60.9 Å². The van der Waals surface area contributed by atoms with Crippen LogP contribution >= 0.6 is 0 Å². The molecule has 0 atom stereocenters. The molecule has 3 aromatic rings. The molecule has 2 aliphatic rings. The fraction of sp³-hybridized carbons (Fsp3) is 0.207. The predicted octanol–water partition coefficient (Wildman–Crippen LogP) is 4.87. The van der Waals surface area contributed by atoms with Crippen LogP contribution in [0.5, 0.6) is 11.5 Å². The summed E-state index contributed by atoms with van der Waals surface area (Å²) in [6, 6.07) is 19.9. The van der Waals surface area contributed by atoms with Gasteiger partial charge in [0.2, 0.25) is 0 Å². The number of aryl methyl sites for hydroxylation is 1. The Hall–Kier alpha value is -4.39. The summed E-state index contributed by atoms with van der Waals surface area (Å²) < 4.78 is 10.6. The topological polar surface area (TPSA) is 76.2 Å². The maximum Gasteiger partial charge on any atom is 0.265 e. The normalized spacial score (nSPS) is 15.2. The smallest absolute Gasteiger partial charge is 0.265 e. The molecule has 7 nitrogen and oxygen atoms in total. The molecular formula is C29H26N2O5. The number of hydrogen-bond acceptors (Lipinski definition) is 5. The van der Waals surface area contributed by atoms with Gasteiger partial charge in [-0.2, -0.15) is 0 Å². The lowest BCUT2D eigenvalue weighted by Gasteiger charge is -2.29. The van der Waals surface area contributed by atoms with Gasteiger partial charge in [0.25, 0.3) is 17.7 Å². The summed E-state index contributed by atoms with van der Waals surface area (Å²) in [6.07, 6.45) is 3.80. The van der Waals surface area contributed by atoms with Crippen molar-refractivity contribution in [3.63, 3.8) is 0 Å². The van der Waals surface area contributed by atoms with Crippen molar-refractivity contribution in [1.82, 2.24) is 4.90 Å². The van der Waals surface area contributed by atoms with Crippen LogP contribution < -0.4 is 14.4 Å². The molecule has 2 aliphatic heterocycles. The van der Waals surface area contributed by atoms with Crippen molar-refractivity contribution in [2.24, 2.45) is 0 Å². The van der Waals surface area contributed by atoms with Gasteiger partial charge < -0.3 is 9.47 Å². The molecule has 7 heteroatoms. The van der Waals surface area contributed by atoms with Crippen LogP contribution in [0.2, 0.25) is 0 Å². The zero-order valence-corrected chi connectivity index (χ0v) is 20.2. The maximum absolute atomic E-state index is 13.8. The van der Waals surface area contributed by atoms with E-state index in [-0.39, 0.29) is 29.8 Å². The summed E-state index contributed by atoms with van der Waals surface area (Å²) in [5, 5.41) is 0. The zero-order chi connectivity index (χ0) is 25.2. The van der Waals surface area contributed by atoms with Gasteiger partial charge in [-0.3, -0.25) is 24.2 Å². The highest BCUT2D eigenvalue weighted by atomic mass is 16.5. The van der Waals surface area contributed by atoms with Crippen LogP contribution in [-0.4, -0.2) is 43.4 Å². The van der Waals surface area contributed by atoms with Crippen LogP contribution in [0, 0.1) is 0 Å². The van der Waals surface area contributed by atoms with E-state index in [0.29, 0.717) is 34.7 Å². The quantitative estimate of drug-likeness (QED) is 0.469. The summed E-state index contributed by atoms with van der Waals surface area (Å²) >= 11 is 0. The van der Waals surface area contributed by atoms with Gasteiger partial charge in [-0.25, -0.2) is 0 Å². The van der Waals surface area contributed by atoms with Crippen LogP contribution in [0.25, 0.3) is 0 Å². The van der Waals surface area contributed by atoms with Crippen molar-refractivity contribution in [1.29, 1.82) is 0 Å². The van der Waals surface area contributed by atoms with Crippen molar-refractivity contribution < 1.29 is 23.9 Å². The highest BCUT2D eigenvalue weighted by Gasteiger charge is 2.38. The molecule has 182 valence electrons. The van der Waals surface area contributed by atoms with Gasteiger partial charge in [0.1, 0.15) is 11.5 Å². The number of methoxy groups -OCH3 is 2. The van der Waals surface area contributed by atoms with E-state index >= 15 is 0 Å². The van der Waals surface area contributed by atoms with Crippen LogP contribution in [0.4, 0.5) is 5.69 Å². The first kappa shape index (κ1) is 23.4. The van der Waals surface area contributed by atoms with Gasteiger partial charge in [0, 0.05) is 29.9 Å². The lowest BCUT2D eigenvalue weighted by atomic mass is 9.98. The third-order valence-corrected chi connectivity index (χ3v) is 6.63. The highest BCUT2D eigenvalue weighted by Crippen LogP contribution is 2.33. The minimum Gasteiger partial charge on any atom is -0.497 e. The Kier molecular flexibility index (Phi) is 6.29. The van der Waals surface area contributed by atoms with Crippen LogP contribution in [-0.2, 0) is 6.42 Å². The van der Waals surface area contributed by atoms with Crippen molar-refractivity contribution >= 4 is 23.4 Å². The van der Waals surface area contributed by atoms with Gasteiger partial charge in [-0.15, -0.1) is 0 Å². The fourth-order valence-electron chi connectivity index (χ4n) is 4.81. The van der Waals surface area contributed by atoms with Gasteiger partial charge in [0.05, 0.1) is 25.3 Å². The number of imide groups is 1. The molecule has 2 heterocycles. The van der Waals surface area contributed by atoms with Gasteiger partial charge in [-0.1, -0.05) is 30.3 Å². The average molecular weight is 483 g/mol. The number of amides is 3. The van der Waals surface area contributed by atoms with Crippen LogP contribution in [0.3, 0.4) is 0 Å². The molecular weight excluding hydrogens is 456 g/mol. The molecule has 0 unspecified atom stereocenters. The molecule has 36 heavy (non-hydrogen) atoms. The van der Waals surface area contributed by atoms with E-state index in [2.05, 4.69) is 0 Å². The SMILES string of the molecule is COc1ccc(N2C(=O)c3ccccc3CCC=C2CCN2C(=O)c3cccc(OC)c3C2=O)cc1. The van der Waals surface area contributed by atoms with Crippen molar-refractivity contribution in [2.45, 2.75) is 19.3 Å². The predicted molar refractivity (Wildman–Crippen MR) is 136 cm³/mol. The first-order valence-electron chi connectivity index (χ1n) is 11.8. The number of carbonyl (C=O) groups excluding carboxylic acids is 3. The molecule has 0 aromatic heterocycles. The van der Waals surface area contributed by atoms with Gasteiger partial charge >= 0.3 is 0 Å². The Balaban J connectivity index is 1.47. The number of benzene rings is 3. The third kappa shape index (κ3) is 4.02.